The number of nitrogens with zero attached hydrogens (tertiary/aromatic N) is 3. The van der Waals surface area contributed by atoms with E-state index in [9.17, 15) is 9.18 Å². The smallest absolute Gasteiger partial charge is 0.235 e. The van der Waals surface area contributed by atoms with Crippen LogP contribution in [0, 0.1) is 5.82 Å². The lowest BCUT2D eigenvalue weighted by Crippen LogP contribution is -2.51. The molecule has 0 radical (unpaired) electrons. The van der Waals surface area contributed by atoms with Gasteiger partial charge in [-0.3, -0.25) is 4.79 Å². The fourth-order valence-electron chi connectivity index (χ4n) is 4.14. The molecule has 1 aliphatic carbocycles. The lowest BCUT2D eigenvalue weighted by atomic mass is 9.99. The van der Waals surface area contributed by atoms with Gasteiger partial charge in [0.1, 0.15) is 5.82 Å². The molecular formula is C23H21ClFN3O2. The molecule has 0 atom stereocenters. The summed E-state index contributed by atoms with van der Waals surface area (Å²) in [5, 5.41) is 4.85. The van der Waals surface area contributed by atoms with Gasteiger partial charge in [0.05, 0.1) is 16.7 Å². The highest BCUT2D eigenvalue weighted by Gasteiger charge is 2.55. The van der Waals surface area contributed by atoms with Gasteiger partial charge >= 0.3 is 0 Å². The maximum atomic E-state index is 14.1. The number of halogens is 2. The zero-order valence-electron chi connectivity index (χ0n) is 16.4. The summed E-state index contributed by atoms with van der Waals surface area (Å²) in [5.74, 6) is 0.0723. The number of hydrogen-bond donors (Lipinski definition) is 0. The molecule has 1 aromatic heterocycles. The largest absolute Gasteiger partial charge is 0.368 e. The number of carbonyl (C=O) groups excluding carboxylic acids is 1. The monoisotopic (exact) mass is 425 g/mol. The van der Waals surface area contributed by atoms with Gasteiger partial charge in [-0.2, -0.15) is 0 Å². The van der Waals surface area contributed by atoms with Crippen LogP contribution < -0.4 is 4.90 Å². The number of rotatable bonds is 4. The van der Waals surface area contributed by atoms with Gasteiger partial charge in [-0.05, 0) is 43.2 Å². The van der Waals surface area contributed by atoms with Crippen molar-refractivity contribution in [1.82, 2.24) is 10.1 Å². The third-order valence-electron chi connectivity index (χ3n) is 6.04. The van der Waals surface area contributed by atoms with Crippen LogP contribution in [0.2, 0.25) is 5.02 Å². The van der Waals surface area contributed by atoms with Crippen LogP contribution in [0.25, 0.3) is 11.3 Å². The zero-order valence-corrected chi connectivity index (χ0v) is 17.1. The number of anilines is 1. The third kappa shape index (κ3) is 3.35. The maximum Gasteiger partial charge on any atom is 0.235 e. The molecule has 1 amide bonds. The average Bonchev–Trinajstić information content (AvgIpc) is 3.43. The van der Waals surface area contributed by atoms with Gasteiger partial charge < -0.3 is 14.3 Å². The molecule has 5 rings (SSSR count). The number of aromatic nitrogens is 1. The molecule has 0 bridgehead atoms. The van der Waals surface area contributed by atoms with Crippen molar-refractivity contribution in [2.45, 2.75) is 18.3 Å². The van der Waals surface area contributed by atoms with Crippen molar-refractivity contribution < 1.29 is 13.7 Å². The number of benzene rings is 2. The molecule has 7 heteroatoms. The number of carbonyl (C=O) groups is 1. The van der Waals surface area contributed by atoms with Crippen LogP contribution >= 0.6 is 11.6 Å². The summed E-state index contributed by atoms with van der Waals surface area (Å²) in [6, 6.07) is 15.9. The Morgan fingerprint density at radius 3 is 2.50 bits per heavy atom. The molecule has 1 saturated carbocycles. The van der Waals surface area contributed by atoms with E-state index in [4.69, 9.17) is 16.1 Å². The van der Waals surface area contributed by atoms with Crippen molar-refractivity contribution in [2.75, 3.05) is 31.1 Å². The Morgan fingerprint density at radius 2 is 1.80 bits per heavy atom. The van der Waals surface area contributed by atoms with Crippen molar-refractivity contribution in [3.63, 3.8) is 0 Å². The Bertz CT molecular complexity index is 1090. The van der Waals surface area contributed by atoms with E-state index in [1.165, 1.54) is 6.07 Å². The van der Waals surface area contributed by atoms with Crippen LogP contribution in [-0.2, 0) is 10.2 Å². The van der Waals surface area contributed by atoms with E-state index in [-0.39, 0.29) is 11.7 Å². The van der Waals surface area contributed by atoms with Gasteiger partial charge in [0.15, 0.2) is 5.76 Å². The maximum absolute atomic E-state index is 14.1. The second-order valence-corrected chi connectivity index (χ2v) is 8.33. The summed E-state index contributed by atoms with van der Waals surface area (Å²) >= 11 is 6.10. The molecule has 154 valence electrons. The summed E-state index contributed by atoms with van der Waals surface area (Å²) in [7, 11) is 0. The number of amides is 1. The second-order valence-electron chi connectivity index (χ2n) is 7.90. The molecule has 2 aromatic carbocycles. The van der Waals surface area contributed by atoms with E-state index in [0.29, 0.717) is 35.1 Å². The topological polar surface area (TPSA) is 49.6 Å². The molecule has 0 N–H and O–H groups in total. The van der Waals surface area contributed by atoms with Gasteiger partial charge in [-0.25, -0.2) is 4.39 Å². The highest BCUT2D eigenvalue weighted by molar-refractivity contribution is 6.30. The lowest BCUT2D eigenvalue weighted by Gasteiger charge is -2.37. The highest BCUT2D eigenvalue weighted by Crippen LogP contribution is 2.50. The van der Waals surface area contributed by atoms with Crippen LogP contribution in [0.4, 0.5) is 10.1 Å². The van der Waals surface area contributed by atoms with Crippen LogP contribution in [0.5, 0.6) is 0 Å². The minimum atomic E-state index is -0.634. The van der Waals surface area contributed by atoms with Gasteiger partial charge in [0, 0.05) is 43.0 Å². The molecule has 2 aliphatic rings. The molecule has 2 heterocycles. The van der Waals surface area contributed by atoms with E-state index in [2.05, 4.69) is 10.1 Å². The van der Waals surface area contributed by atoms with Gasteiger partial charge in [-0.15, -0.1) is 0 Å². The van der Waals surface area contributed by atoms with Crippen molar-refractivity contribution in [1.29, 1.82) is 0 Å². The summed E-state index contributed by atoms with van der Waals surface area (Å²) in [6.07, 6.45) is 1.48. The van der Waals surface area contributed by atoms with Crippen molar-refractivity contribution >= 4 is 23.2 Å². The number of piperazine rings is 1. The van der Waals surface area contributed by atoms with E-state index < -0.39 is 5.41 Å². The fraction of sp³-hybridized carbons (Fsp3) is 0.304. The van der Waals surface area contributed by atoms with Crippen molar-refractivity contribution in [2.24, 2.45) is 0 Å². The second kappa shape index (κ2) is 7.43. The first-order valence-corrected chi connectivity index (χ1v) is 10.5. The number of hydrogen-bond acceptors (Lipinski definition) is 4. The van der Waals surface area contributed by atoms with Crippen LogP contribution in [0.1, 0.15) is 18.5 Å². The molecular weight excluding hydrogens is 405 g/mol. The first kappa shape index (κ1) is 19.1. The first-order valence-electron chi connectivity index (χ1n) is 10.1. The van der Waals surface area contributed by atoms with Crippen molar-refractivity contribution in [3.8, 4) is 11.3 Å². The fourth-order valence-corrected chi connectivity index (χ4v) is 4.32. The quantitative estimate of drug-likeness (QED) is 0.617. The Hall–Kier alpha value is -2.86. The Kier molecular flexibility index (Phi) is 4.74. The van der Waals surface area contributed by atoms with Crippen LogP contribution in [-0.4, -0.2) is 42.1 Å². The molecule has 0 spiro atoms. The molecule has 0 unspecified atom stereocenters. The summed E-state index contributed by atoms with van der Waals surface area (Å²) in [5.41, 5.74) is 1.39. The van der Waals surface area contributed by atoms with Crippen LogP contribution in [0.3, 0.4) is 0 Å². The standard InChI is InChI=1S/C23H21ClFN3O2/c24-16-4-3-5-17(14-16)27-10-12-28(13-11-27)22(29)23(8-9-23)21-15-20(30-26-21)18-6-1-2-7-19(18)25/h1-7,14-15H,8-13H2. The highest BCUT2D eigenvalue weighted by atomic mass is 35.5. The summed E-state index contributed by atoms with van der Waals surface area (Å²) < 4.78 is 19.5. The molecule has 30 heavy (non-hydrogen) atoms. The van der Waals surface area contributed by atoms with Crippen LogP contribution in [0.15, 0.2) is 59.1 Å². The summed E-state index contributed by atoms with van der Waals surface area (Å²) in [4.78, 5) is 17.5. The van der Waals surface area contributed by atoms with E-state index in [1.807, 2.05) is 29.2 Å². The van der Waals surface area contributed by atoms with Gasteiger partial charge in [0.25, 0.3) is 0 Å². The first-order chi connectivity index (χ1) is 14.6. The Balaban J connectivity index is 1.30. The normalized spacial score (nSPS) is 17.8. The predicted molar refractivity (Wildman–Crippen MR) is 113 cm³/mol. The van der Waals surface area contributed by atoms with Gasteiger partial charge in [-0.1, -0.05) is 35.0 Å². The molecule has 2 fully saturated rings. The van der Waals surface area contributed by atoms with E-state index in [0.717, 1.165) is 31.6 Å². The Morgan fingerprint density at radius 1 is 1.03 bits per heavy atom. The van der Waals surface area contributed by atoms with Gasteiger partial charge in [0.2, 0.25) is 5.91 Å². The molecule has 3 aromatic rings. The molecule has 1 aliphatic heterocycles. The molecule has 1 saturated heterocycles. The average molecular weight is 426 g/mol. The third-order valence-corrected chi connectivity index (χ3v) is 6.27. The molecule has 5 nitrogen and oxygen atoms in total. The Labute approximate surface area is 179 Å². The minimum Gasteiger partial charge on any atom is -0.368 e. The lowest BCUT2D eigenvalue weighted by molar-refractivity contribution is -0.134. The van der Waals surface area contributed by atoms with E-state index in [1.54, 1.807) is 24.3 Å². The minimum absolute atomic E-state index is 0.0848. The SMILES string of the molecule is O=C(N1CCN(c2cccc(Cl)c2)CC1)C1(c2cc(-c3ccccc3F)on2)CC1. The predicted octanol–water partition coefficient (Wildman–Crippen LogP) is 4.51. The summed E-state index contributed by atoms with van der Waals surface area (Å²) in [6.45, 7) is 2.79. The zero-order chi connectivity index (χ0) is 20.7. The van der Waals surface area contributed by atoms with E-state index >= 15 is 0 Å². The van der Waals surface area contributed by atoms with Crippen molar-refractivity contribution in [3.05, 3.63) is 71.1 Å².